The molecule has 0 saturated carbocycles. The van der Waals surface area contributed by atoms with Gasteiger partial charge in [-0.1, -0.05) is 91.0 Å². The Labute approximate surface area is 224 Å². The van der Waals surface area contributed by atoms with Crippen molar-refractivity contribution in [3.05, 3.63) is 108 Å². The molecule has 202 valence electrons. The van der Waals surface area contributed by atoms with Crippen LogP contribution in [-0.2, 0) is 52.4 Å². The molecule has 2 heterocycles. The molecule has 0 aromatic heterocycles. The maximum absolute atomic E-state index is 13.3. The van der Waals surface area contributed by atoms with Crippen LogP contribution in [0.15, 0.2) is 91.0 Å². The Kier molecular flexibility index (Phi) is 9.41. The fourth-order valence-corrected chi connectivity index (χ4v) is 6.93. The lowest BCUT2D eigenvalue weighted by atomic mass is 9.95. The van der Waals surface area contributed by atoms with E-state index in [2.05, 4.69) is 0 Å². The number of benzene rings is 3. The van der Waals surface area contributed by atoms with Gasteiger partial charge in [-0.05, 0) is 23.6 Å². The van der Waals surface area contributed by atoms with Crippen molar-refractivity contribution >= 4 is 7.60 Å². The highest BCUT2D eigenvalue weighted by Gasteiger charge is 2.56. The van der Waals surface area contributed by atoms with E-state index in [9.17, 15) is 4.57 Å². The van der Waals surface area contributed by atoms with E-state index in [-0.39, 0.29) is 6.16 Å². The molecular weight excluding hydrogens is 503 g/mol. The van der Waals surface area contributed by atoms with Gasteiger partial charge >= 0.3 is 7.60 Å². The van der Waals surface area contributed by atoms with Gasteiger partial charge in [-0.2, -0.15) is 0 Å². The van der Waals surface area contributed by atoms with Crippen molar-refractivity contribution in [1.29, 1.82) is 0 Å². The first-order valence-electron chi connectivity index (χ1n) is 13.1. The summed E-state index contributed by atoms with van der Waals surface area (Å²) >= 11 is 0. The second-order valence-corrected chi connectivity index (χ2v) is 11.6. The third-order valence-corrected chi connectivity index (χ3v) is 8.73. The van der Waals surface area contributed by atoms with Crippen LogP contribution in [0.5, 0.6) is 0 Å². The maximum Gasteiger partial charge on any atom is 0.333 e. The lowest BCUT2D eigenvalue weighted by Crippen LogP contribution is -2.59. The molecule has 2 aliphatic heterocycles. The van der Waals surface area contributed by atoms with Crippen molar-refractivity contribution in [1.82, 2.24) is 0 Å². The van der Waals surface area contributed by atoms with Gasteiger partial charge in [0, 0.05) is 0 Å². The summed E-state index contributed by atoms with van der Waals surface area (Å²) in [6.07, 6.45) is -2.33. The minimum absolute atomic E-state index is 0.178. The smallest absolute Gasteiger partial charge is 0.333 e. The zero-order valence-electron chi connectivity index (χ0n) is 21.6. The van der Waals surface area contributed by atoms with E-state index < -0.39 is 38.1 Å². The van der Waals surface area contributed by atoms with E-state index in [0.717, 1.165) is 16.7 Å². The molecule has 38 heavy (non-hydrogen) atoms. The Morgan fingerprint density at radius 3 is 1.84 bits per heavy atom. The summed E-state index contributed by atoms with van der Waals surface area (Å²) < 4.78 is 50.5. The summed E-state index contributed by atoms with van der Waals surface area (Å²) in [7, 11) is -3.31. The number of fused-ring (bicyclic) bond motifs is 1. The molecule has 0 unspecified atom stereocenters. The van der Waals surface area contributed by atoms with Gasteiger partial charge in [0.25, 0.3) is 0 Å². The van der Waals surface area contributed by atoms with Gasteiger partial charge in [-0.15, -0.1) is 0 Å². The molecule has 5 rings (SSSR count). The number of rotatable bonds is 12. The first-order valence-corrected chi connectivity index (χ1v) is 14.9. The number of hydrogen-bond donors (Lipinski definition) is 0. The molecule has 0 aliphatic carbocycles. The SMILES string of the molecule is CCO[P@@]1(=O)C[C@H]2O[C@H](COCc3ccccc3)[C@@H](OCc3ccccc3)[C@H](OCc3ccccc3)[C@H]2O1. The predicted octanol–water partition coefficient (Wildman–Crippen LogP) is 5.77. The number of hydrogen-bond acceptors (Lipinski definition) is 7. The standard InChI is InChI=1S/C30H35O7P/c1-2-35-38(31)22-27-29(37-38)30(34-20-25-16-10-5-11-17-25)28(33-19-24-14-8-4-9-15-24)26(36-27)21-32-18-23-12-6-3-7-13-23/h3-17,26-30H,2,18-22H2,1H3/t26-,27-,28-,29+,30+,38+/m1/s1. The van der Waals surface area contributed by atoms with Crippen LogP contribution >= 0.6 is 7.60 Å². The highest BCUT2D eigenvalue weighted by molar-refractivity contribution is 7.54. The van der Waals surface area contributed by atoms with Gasteiger partial charge in [0.15, 0.2) is 0 Å². The van der Waals surface area contributed by atoms with Crippen molar-refractivity contribution in [3.63, 3.8) is 0 Å². The predicted molar refractivity (Wildman–Crippen MR) is 144 cm³/mol. The molecular formula is C30H35O7P. The van der Waals surface area contributed by atoms with Gasteiger partial charge in [0.2, 0.25) is 0 Å². The quantitative estimate of drug-likeness (QED) is 0.271. The van der Waals surface area contributed by atoms with Crippen LogP contribution in [0.3, 0.4) is 0 Å². The van der Waals surface area contributed by atoms with Crippen LogP contribution in [-0.4, -0.2) is 49.9 Å². The van der Waals surface area contributed by atoms with Crippen LogP contribution in [0.4, 0.5) is 0 Å². The highest BCUT2D eigenvalue weighted by Crippen LogP contribution is 2.58. The van der Waals surface area contributed by atoms with E-state index in [4.69, 9.17) is 28.0 Å². The molecule has 6 atom stereocenters. The summed E-state index contributed by atoms with van der Waals surface area (Å²) in [6.45, 7) is 3.58. The summed E-state index contributed by atoms with van der Waals surface area (Å²) in [5, 5.41) is 0. The van der Waals surface area contributed by atoms with Crippen LogP contribution in [0.25, 0.3) is 0 Å². The molecule has 0 radical (unpaired) electrons. The largest absolute Gasteiger partial charge is 0.374 e. The average molecular weight is 539 g/mol. The van der Waals surface area contributed by atoms with Gasteiger partial charge < -0.3 is 23.5 Å². The molecule has 0 N–H and O–H groups in total. The number of ether oxygens (including phenoxy) is 4. The minimum Gasteiger partial charge on any atom is -0.374 e. The van der Waals surface area contributed by atoms with Crippen molar-refractivity contribution in [2.75, 3.05) is 19.4 Å². The fraction of sp³-hybridized carbons (Fsp3) is 0.400. The van der Waals surface area contributed by atoms with Crippen LogP contribution in [0, 0.1) is 0 Å². The third kappa shape index (κ3) is 6.99. The summed E-state index contributed by atoms with van der Waals surface area (Å²) in [5.41, 5.74) is 3.14. The molecule has 0 bridgehead atoms. The third-order valence-electron chi connectivity index (χ3n) is 6.71. The first-order chi connectivity index (χ1) is 18.6. The van der Waals surface area contributed by atoms with Gasteiger partial charge in [-0.3, -0.25) is 9.09 Å². The van der Waals surface area contributed by atoms with Crippen molar-refractivity contribution in [2.45, 2.75) is 57.3 Å². The molecule has 3 aromatic rings. The summed E-state index contributed by atoms with van der Waals surface area (Å²) in [4.78, 5) is 0. The molecule has 7 nitrogen and oxygen atoms in total. The normalized spacial score (nSPS) is 28.7. The van der Waals surface area contributed by atoms with E-state index >= 15 is 0 Å². The molecule has 0 amide bonds. The average Bonchev–Trinajstić information content (AvgIpc) is 3.28. The molecule has 8 heteroatoms. The van der Waals surface area contributed by atoms with Crippen molar-refractivity contribution < 1.29 is 32.6 Å². The Balaban J connectivity index is 1.37. The van der Waals surface area contributed by atoms with Gasteiger partial charge in [0.1, 0.15) is 24.4 Å². The summed E-state index contributed by atoms with van der Waals surface area (Å²) in [6, 6.07) is 29.9. The Bertz CT molecular complexity index is 1160. The lowest BCUT2D eigenvalue weighted by Gasteiger charge is -2.43. The van der Waals surface area contributed by atoms with Crippen molar-refractivity contribution in [3.8, 4) is 0 Å². The van der Waals surface area contributed by atoms with E-state index in [1.54, 1.807) is 6.92 Å². The van der Waals surface area contributed by atoms with E-state index in [1.807, 2.05) is 91.0 Å². The van der Waals surface area contributed by atoms with Gasteiger partial charge in [0.05, 0.1) is 45.3 Å². The zero-order valence-corrected chi connectivity index (χ0v) is 22.5. The Morgan fingerprint density at radius 2 is 1.29 bits per heavy atom. The molecule has 2 aliphatic rings. The van der Waals surface area contributed by atoms with Crippen LogP contribution < -0.4 is 0 Å². The molecule has 3 aromatic carbocycles. The van der Waals surface area contributed by atoms with E-state index in [0.29, 0.717) is 33.0 Å². The highest BCUT2D eigenvalue weighted by atomic mass is 31.2. The Morgan fingerprint density at radius 1 is 0.763 bits per heavy atom. The molecule has 2 fully saturated rings. The van der Waals surface area contributed by atoms with Crippen LogP contribution in [0.2, 0.25) is 0 Å². The van der Waals surface area contributed by atoms with E-state index in [1.165, 1.54) is 0 Å². The summed E-state index contributed by atoms with van der Waals surface area (Å²) in [5.74, 6) is 0. The second-order valence-electron chi connectivity index (χ2n) is 9.52. The lowest BCUT2D eigenvalue weighted by molar-refractivity contribution is -0.245. The van der Waals surface area contributed by atoms with Crippen LogP contribution in [0.1, 0.15) is 23.6 Å². The monoisotopic (exact) mass is 538 g/mol. The van der Waals surface area contributed by atoms with Gasteiger partial charge in [-0.25, -0.2) is 0 Å². The molecule has 0 spiro atoms. The second kappa shape index (κ2) is 13.1. The zero-order chi connectivity index (χ0) is 26.2. The first kappa shape index (κ1) is 27.2. The Hall–Kier alpha value is -2.35. The maximum atomic E-state index is 13.3. The van der Waals surface area contributed by atoms with Crippen molar-refractivity contribution in [2.24, 2.45) is 0 Å². The fourth-order valence-electron chi connectivity index (χ4n) is 4.92. The minimum atomic E-state index is -3.31. The topological polar surface area (TPSA) is 72.5 Å². The molecule has 2 saturated heterocycles.